The molecule has 0 fully saturated rings. The predicted octanol–water partition coefficient (Wildman–Crippen LogP) is 1.82. The summed E-state index contributed by atoms with van der Waals surface area (Å²) < 4.78 is 35.3. The van der Waals surface area contributed by atoms with Gasteiger partial charge >= 0.3 is 5.97 Å². The predicted molar refractivity (Wildman–Crippen MR) is 108 cm³/mol. The number of cyclic esters (lactones) is 1. The Morgan fingerprint density at radius 2 is 1.94 bits per heavy atom. The first-order valence-corrected chi connectivity index (χ1v) is 10.4. The van der Waals surface area contributed by atoms with Crippen molar-refractivity contribution in [2.45, 2.75) is 51.0 Å². The lowest BCUT2D eigenvalue weighted by molar-refractivity contribution is -0.172. The zero-order valence-electron chi connectivity index (χ0n) is 17.0. The second-order valence-corrected chi connectivity index (χ2v) is 8.63. The highest BCUT2D eigenvalue weighted by Crippen LogP contribution is 2.43. The van der Waals surface area contributed by atoms with Crippen LogP contribution in [0.5, 0.6) is 0 Å². The second-order valence-electron chi connectivity index (χ2n) is 8.63. The number of fused-ring (bicyclic) bond motifs is 5. The highest BCUT2D eigenvalue weighted by atomic mass is 19.2. The molecular weight excluding hydrogens is 422 g/mol. The average molecular weight is 440 g/mol. The molecule has 0 saturated carbocycles. The number of hydrogen-bond donors (Lipinski definition) is 2. The molecule has 1 unspecified atom stereocenters. The van der Waals surface area contributed by atoms with Crippen molar-refractivity contribution >= 4 is 16.9 Å². The van der Waals surface area contributed by atoms with Gasteiger partial charge in [0.05, 0.1) is 35.1 Å². The highest BCUT2D eigenvalue weighted by molar-refractivity contribution is 5.92. The first kappa shape index (κ1) is 19.5. The second kappa shape index (κ2) is 6.20. The Labute approximate surface area is 179 Å². The fraction of sp³-hybridized carbons (Fsp3) is 0.348. The van der Waals surface area contributed by atoms with E-state index in [9.17, 15) is 28.6 Å². The molecule has 4 heterocycles. The first-order chi connectivity index (χ1) is 15.2. The van der Waals surface area contributed by atoms with Gasteiger partial charge in [-0.25, -0.2) is 18.6 Å². The molecule has 0 amide bonds. The fourth-order valence-electron chi connectivity index (χ4n) is 5.32. The Kier molecular flexibility index (Phi) is 3.78. The SMILES string of the molecule is CC[C@@]1(O)C(=O)OCc2c1cc1n(c2=O)Cc2c-1nc1cc(F)c(F)c3c1c2CC(O)C3. The number of halogens is 2. The molecule has 2 N–H and O–H groups in total. The van der Waals surface area contributed by atoms with Gasteiger partial charge in [-0.3, -0.25) is 4.79 Å². The summed E-state index contributed by atoms with van der Waals surface area (Å²) in [5.74, 6) is -2.86. The minimum atomic E-state index is -1.95. The average Bonchev–Trinajstić information content (AvgIpc) is 3.14. The van der Waals surface area contributed by atoms with Crippen LogP contribution in [0.4, 0.5) is 8.78 Å². The topological polar surface area (TPSA) is 102 Å². The van der Waals surface area contributed by atoms with Gasteiger partial charge in [-0.05, 0) is 24.5 Å². The minimum absolute atomic E-state index is 0.0161. The molecule has 3 aliphatic rings. The van der Waals surface area contributed by atoms with E-state index in [2.05, 4.69) is 4.98 Å². The molecule has 2 aromatic heterocycles. The number of aliphatic hydroxyl groups is 2. The molecular formula is C23H18F2N2O5. The van der Waals surface area contributed by atoms with Crippen LogP contribution in [0, 0.1) is 11.6 Å². The van der Waals surface area contributed by atoms with Crippen LogP contribution in [0.2, 0.25) is 0 Å². The van der Waals surface area contributed by atoms with Crippen LogP contribution in [-0.4, -0.2) is 31.8 Å². The Hall–Kier alpha value is -3.17. The lowest BCUT2D eigenvalue weighted by Gasteiger charge is -2.31. The van der Waals surface area contributed by atoms with Crippen LogP contribution >= 0.6 is 0 Å². The molecule has 1 aliphatic carbocycles. The van der Waals surface area contributed by atoms with Crippen molar-refractivity contribution in [2.75, 3.05) is 0 Å². The molecule has 0 bridgehead atoms. The number of hydrogen-bond acceptors (Lipinski definition) is 6. The quantitative estimate of drug-likeness (QED) is 0.438. The molecule has 0 saturated heterocycles. The van der Waals surface area contributed by atoms with Gasteiger partial charge in [0.25, 0.3) is 5.56 Å². The Bertz CT molecular complexity index is 1450. The summed E-state index contributed by atoms with van der Waals surface area (Å²) in [6.07, 6.45) is -0.663. The third kappa shape index (κ3) is 2.27. The van der Waals surface area contributed by atoms with E-state index in [1.807, 2.05) is 0 Å². The molecule has 2 atom stereocenters. The maximum Gasteiger partial charge on any atom is 0.343 e. The number of benzene rings is 1. The number of nitrogens with zero attached hydrogens (tertiary/aromatic N) is 2. The Morgan fingerprint density at radius 1 is 1.19 bits per heavy atom. The molecule has 9 heteroatoms. The van der Waals surface area contributed by atoms with E-state index in [0.717, 1.165) is 6.07 Å². The number of esters is 1. The van der Waals surface area contributed by atoms with Crippen molar-refractivity contribution in [1.82, 2.24) is 9.55 Å². The maximum atomic E-state index is 14.5. The largest absolute Gasteiger partial charge is 0.458 e. The first-order valence-electron chi connectivity index (χ1n) is 10.4. The third-order valence-electron chi connectivity index (χ3n) is 6.96. The van der Waals surface area contributed by atoms with Gasteiger partial charge in [-0.2, -0.15) is 0 Å². The van der Waals surface area contributed by atoms with Gasteiger partial charge < -0.3 is 19.5 Å². The summed E-state index contributed by atoms with van der Waals surface area (Å²) in [6.45, 7) is 1.51. The van der Waals surface area contributed by atoms with Crippen molar-refractivity contribution in [3.8, 4) is 11.4 Å². The van der Waals surface area contributed by atoms with Crippen LogP contribution in [-0.2, 0) is 41.1 Å². The number of rotatable bonds is 1. The standard InChI is InChI=1S/C23H18F2N2O5/c1-2-23(31)14-5-17-20-12(7-27(17)21(29)13(14)8-32-22(23)30)10-3-9(28)4-11-18(10)16(26-20)6-15(24)19(11)25/h5-6,9,28,31H,2-4,7-8H2,1H3/t9?,23-/m0/s1. The van der Waals surface area contributed by atoms with E-state index in [1.165, 1.54) is 4.57 Å². The molecule has 2 aliphatic heterocycles. The summed E-state index contributed by atoms with van der Waals surface area (Å²) in [5, 5.41) is 21.8. The van der Waals surface area contributed by atoms with Crippen molar-refractivity contribution < 1.29 is 28.5 Å². The van der Waals surface area contributed by atoms with E-state index in [4.69, 9.17) is 4.74 Å². The monoisotopic (exact) mass is 440 g/mol. The number of carbonyl (C=O) groups is 1. The molecule has 7 nitrogen and oxygen atoms in total. The summed E-state index contributed by atoms with van der Waals surface area (Å²) in [5.41, 5.74) is 0.407. The summed E-state index contributed by atoms with van der Waals surface area (Å²) >= 11 is 0. The van der Waals surface area contributed by atoms with Crippen LogP contribution < -0.4 is 5.56 Å². The summed E-state index contributed by atoms with van der Waals surface area (Å²) in [6, 6.07) is 2.59. The van der Waals surface area contributed by atoms with Crippen LogP contribution in [0.25, 0.3) is 22.3 Å². The maximum absolute atomic E-state index is 14.5. The van der Waals surface area contributed by atoms with Crippen molar-refractivity contribution in [3.05, 3.63) is 61.9 Å². The molecule has 6 rings (SSSR count). The van der Waals surface area contributed by atoms with E-state index >= 15 is 0 Å². The summed E-state index contributed by atoms with van der Waals surface area (Å²) in [7, 11) is 0. The number of aliphatic hydroxyl groups excluding tert-OH is 1. The van der Waals surface area contributed by atoms with Crippen LogP contribution in [0.3, 0.4) is 0 Å². The number of pyridine rings is 2. The highest BCUT2D eigenvalue weighted by Gasteiger charge is 2.45. The number of ether oxygens (including phenoxy) is 1. The molecule has 3 aromatic rings. The van der Waals surface area contributed by atoms with Gasteiger partial charge in [-0.15, -0.1) is 0 Å². The molecule has 0 spiro atoms. The van der Waals surface area contributed by atoms with E-state index in [1.54, 1.807) is 13.0 Å². The fourth-order valence-corrected chi connectivity index (χ4v) is 5.32. The van der Waals surface area contributed by atoms with Gasteiger partial charge in [-0.1, -0.05) is 6.92 Å². The molecule has 1 aromatic carbocycles. The van der Waals surface area contributed by atoms with Crippen molar-refractivity contribution in [1.29, 1.82) is 0 Å². The van der Waals surface area contributed by atoms with Crippen LogP contribution in [0.15, 0.2) is 16.9 Å². The van der Waals surface area contributed by atoms with Crippen molar-refractivity contribution in [2.24, 2.45) is 0 Å². The third-order valence-corrected chi connectivity index (χ3v) is 6.96. The lowest BCUT2D eigenvalue weighted by Crippen LogP contribution is -2.44. The van der Waals surface area contributed by atoms with E-state index in [-0.39, 0.29) is 54.6 Å². The Balaban J connectivity index is 1.68. The molecule has 164 valence electrons. The van der Waals surface area contributed by atoms with E-state index < -0.39 is 34.9 Å². The van der Waals surface area contributed by atoms with Gasteiger partial charge in [0.2, 0.25) is 0 Å². The Morgan fingerprint density at radius 3 is 2.69 bits per heavy atom. The summed E-state index contributed by atoms with van der Waals surface area (Å²) in [4.78, 5) is 30.1. The van der Waals surface area contributed by atoms with Gasteiger partial charge in [0, 0.05) is 34.6 Å². The normalized spacial score (nSPS) is 23.0. The van der Waals surface area contributed by atoms with Crippen molar-refractivity contribution in [3.63, 3.8) is 0 Å². The zero-order valence-corrected chi connectivity index (χ0v) is 17.0. The smallest absolute Gasteiger partial charge is 0.343 e. The number of aromatic nitrogens is 2. The van der Waals surface area contributed by atoms with Gasteiger partial charge in [0.15, 0.2) is 17.2 Å². The van der Waals surface area contributed by atoms with Crippen LogP contribution in [0.1, 0.15) is 41.2 Å². The molecule has 0 radical (unpaired) electrons. The number of carbonyl (C=O) groups excluding carboxylic acids is 1. The van der Waals surface area contributed by atoms with E-state index in [0.29, 0.717) is 27.9 Å². The van der Waals surface area contributed by atoms with Gasteiger partial charge in [0.1, 0.15) is 6.61 Å². The molecule has 32 heavy (non-hydrogen) atoms. The zero-order chi connectivity index (χ0) is 22.5. The lowest BCUT2D eigenvalue weighted by atomic mass is 9.84. The minimum Gasteiger partial charge on any atom is -0.458 e.